The van der Waals surface area contributed by atoms with E-state index in [-0.39, 0.29) is 5.82 Å². The van der Waals surface area contributed by atoms with Gasteiger partial charge in [-0.15, -0.1) is 0 Å². The summed E-state index contributed by atoms with van der Waals surface area (Å²) in [6.45, 7) is 1.96. The molecule has 4 heteroatoms. The van der Waals surface area contributed by atoms with Gasteiger partial charge in [0.2, 0.25) is 0 Å². The molecule has 0 aromatic carbocycles. The number of hydrogen-bond acceptors (Lipinski definition) is 3. The van der Waals surface area contributed by atoms with Crippen LogP contribution in [0.2, 0.25) is 0 Å². The Morgan fingerprint density at radius 1 is 1.31 bits per heavy atom. The van der Waals surface area contributed by atoms with Gasteiger partial charge in [0.25, 0.3) is 0 Å². The van der Waals surface area contributed by atoms with E-state index in [1.54, 1.807) is 12.4 Å². The van der Waals surface area contributed by atoms with Crippen molar-refractivity contribution in [1.29, 1.82) is 0 Å². The molecule has 2 aromatic rings. The molecule has 2 aromatic heterocycles. The van der Waals surface area contributed by atoms with Crippen LogP contribution in [0.4, 0.5) is 4.39 Å². The highest BCUT2D eigenvalue weighted by Gasteiger charge is 2.11. The van der Waals surface area contributed by atoms with Crippen molar-refractivity contribution in [2.45, 2.75) is 13.0 Å². The molecule has 1 unspecified atom stereocenters. The van der Waals surface area contributed by atoms with Crippen LogP contribution in [-0.2, 0) is 0 Å². The van der Waals surface area contributed by atoms with Gasteiger partial charge in [-0.2, -0.15) is 0 Å². The number of hydrogen-bond donors (Lipinski definition) is 1. The minimum atomic E-state index is -0.442. The summed E-state index contributed by atoms with van der Waals surface area (Å²) < 4.78 is 13.0. The third-order valence-electron chi connectivity index (χ3n) is 2.34. The van der Waals surface area contributed by atoms with Gasteiger partial charge < -0.3 is 5.73 Å². The average molecular weight is 217 g/mol. The zero-order valence-electron chi connectivity index (χ0n) is 8.89. The van der Waals surface area contributed by atoms with E-state index in [9.17, 15) is 4.39 Å². The third-order valence-corrected chi connectivity index (χ3v) is 2.34. The minimum absolute atomic E-state index is 0.388. The van der Waals surface area contributed by atoms with Gasteiger partial charge in [-0.05, 0) is 36.2 Å². The molecule has 2 heterocycles. The van der Waals surface area contributed by atoms with Crippen molar-refractivity contribution in [2.75, 3.05) is 0 Å². The molecule has 2 N–H and O–H groups in total. The molecule has 0 bridgehead atoms. The number of rotatable bonds is 2. The van der Waals surface area contributed by atoms with Crippen LogP contribution in [-0.4, -0.2) is 9.97 Å². The molecule has 0 saturated heterocycles. The van der Waals surface area contributed by atoms with E-state index in [1.807, 2.05) is 19.1 Å². The molecule has 16 heavy (non-hydrogen) atoms. The maximum Gasteiger partial charge on any atom is 0.141 e. The first-order valence-electron chi connectivity index (χ1n) is 4.95. The molecule has 0 amide bonds. The lowest BCUT2D eigenvalue weighted by atomic mass is 10.1. The van der Waals surface area contributed by atoms with Crippen LogP contribution >= 0.6 is 0 Å². The lowest BCUT2D eigenvalue weighted by molar-refractivity contribution is 0.615. The van der Waals surface area contributed by atoms with Crippen molar-refractivity contribution in [3.05, 3.63) is 59.4 Å². The quantitative estimate of drug-likeness (QED) is 0.836. The fraction of sp³-hybridized carbons (Fsp3) is 0.167. The molecule has 0 aliphatic heterocycles. The molecule has 0 spiro atoms. The Morgan fingerprint density at radius 2 is 2.12 bits per heavy atom. The van der Waals surface area contributed by atoms with Gasteiger partial charge in [-0.1, -0.05) is 0 Å². The van der Waals surface area contributed by atoms with Crippen molar-refractivity contribution >= 4 is 0 Å². The van der Waals surface area contributed by atoms with E-state index in [0.29, 0.717) is 11.3 Å². The minimum Gasteiger partial charge on any atom is -0.319 e. The predicted molar refractivity (Wildman–Crippen MR) is 59.2 cm³/mol. The fourth-order valence-corrected chi connectivity index (χ4v) is 1.50. The normalized spacial score (nSPS) is 12.4. The fourth-order valence-electron chi connectivity index (χ4n) is 1.50. The van der Waals surface area contributed by atoms with Crippen LogP contribution in [0.25, 0.3) is 0 Å². The van der Waals surface area contributed by atoms with Crippen LogP contribution < -0.4 is 5.73 Å². The van der Waals surface area contributed by atoms with Gasteiger partial charge in [0.1, 0.15) is 5.82 Å². The number of aromatic nitrogens is 2. The van der Waals surface area contributed by atoms with Gasteiger partial charge in [0.05, 0.1) is 17.9 Å². The highest BCUT2D eigenvalue weighted by molar-refractivity contribution is 5.27. The summed E-state index contributed by atoms with van der Waals surface area (Å²) in [4.78, 5) is 7.94. The Hall–Kier alpha value is -1.81. The van der Waals surface area contributed by atoms with Crippen LogP contribution in [0.1, 0.15) is 22.9 Å². The van der Waals surface area contributed by atoms with Gasteiger partial charge in [-0.3, -0.25) is 9.97 Å². The first kappa shape index (κ1) is 10.7. The zero-order chi connectivity index (χ0) is 11.5. The zero-order valence-corrected chi connectivity index (χ0v) is 8.89. The Balaban J connectivity index is 2.35. The van der Waals surface area contributed by atoms with E-state index < -0.39 is 6.04 Å². The van der Waals surface area contributed by atoms with Crippen LogP contribution in [0.5, 0.6) is 0 Å². The summed E-state index contributed by atoms with van der Waals surface area (Å²) in [5.74, 6) is -0.388. The van der Waals surface area contributed by atoms with E-state index in [0.717, 1.165) is 11.8 Å². The third kappa shape index (κ3) is 2.23. The van der Waals surface area contributed by atoms with Crippen molar-refractivity contribution in [3.63, 3.8) is 0 Å². The largest absolute Gasteiger partial charge is 0.319 e. The summed E-state index contributed by atoms with van der Waals surface area (Å²) in [6.07, 6.45) is 4.40. The number of nitrogens with zero attached hydrogens (tertiary/aromatic N) is 2. The van der Waals surface area contributed by atoms with Crippen LogP contribution in [0, 0.1) is 12.7 Å². The van der Waals surface area contributed by atoms with Crippen LogP contribution in [0.3, 0.4) is 0 Å². The number of aryl methyl sites for hydroxylation is 1. The SMILES string of the molecule is Cc1ccnc(C(N)c2cncc(F)c2)c1. The standard InChI is InChI=1S/C12H12FN3/c1-8-2-3-16-11(4-8)12(14)9-5-10(13)7-15-6-9/h2-7,12H,14H2,1H3. The molecular formula is C12H12FN3. The van der Waals surface area contributed by atoms with Gasteiger partial charge >= 0.3 is 0 Å². The molecule has 0 radical (unpaired) electrons. The molecule has 3 nitrogen and oxygen atoms in total. The van der Waals surface area contributed by atoms with E-state index in [4.69, 9.17) is 5.73 Å². The summed E-state index contributed by atoms with van der Waals surface area (Å²) in [6, 6.07) is 4.71. The highest BCUT2D eigenvalue weighted by atomic mass is 19.1. The summed E-state index contributed by atoms with van der Waals surface area (Å²) in [5.41, 5.74) is 8.40. The smallest absolute Gasteiger partial charge is 0.141 e. The lowest BCUT2D eigenvalue weighted by Gasteiger charge is -2.11. The molecule has 0 fully saturated rings. The summed E-state index contributed by atoms with van der Waals surface area (Å²) in [5, 5.41) is 0. The molecule has 2 rings (SSSR count). The second kappa shape index (κ2) is 4.37. The van der Waals surface area contributed by atoms with Gasteiger partial charge in [-0.25, -0.2) is 4.39 Å². The maximum atomic E-state index is 13.0. The van der Waals surface area contributed by atoms with Crippen molar-refractivity contribution < 1.29 is 4.39 Å². The van der Waals surface area contributed by atoms with E-state index in [1.165, 1.54) is 6.07 Å². The second-order valence-corrected chi connectivity index (χ2v) is 3.67. The predicted octanol–water partition coefficient (Wildman–Crippen LogP) is 1.97. The summed E-state index contributed by atoms with van der Waals surface area (Å²) >= 11 is 0. The van der Waals surface area contributed by atoms with Crippen molar-refractivity contribution in [2.24, 2.45) is 5.73 Å². The Morgan fingerprint density at radius 3 is 2.81 bits per heavy atom. The first-order chi connectivity index (χ1) is 7.66. The van der Waals surface area contributed by atoms with Crippen LogP contribution in [0.15, 0.2) is 36.8 Å². The molecule has 82 valence electrons. The monoisotopic (exact) mass is 217 g/mol. The van der Waals surface area contributed by atoms with Gasteiger partial charge in [0, 0.05) is 12.4 Å². The van der Waals surface area contributed by atoms with Crippen molar-refractivity contribution in [3.8, 4) is 0 Å². The van der Waals surface area contributed by atoms with E-state index >= 15 is 0 Å². The topological polar surface area (TPSA) is 51.8 Å². The summed E-state index contributed by atoms with van der Waals surface area (Å²) in [7, 11) is 0. The Kier molecular flexibility index (Phi) is 2.92. The highest BCUT2D eigenvalue weighted by Crippen LogP contribution is 2.17. The number of nitrogens with two attached hydrogens (primary N) is 1. The molecule has 0 aliphatic rings. The molecule has 0 aliphatic carbocycles. The first-order valence-corrected chi connectivity index (χ1v) is 4.95. The van der Waals surface area contributed by atoms with Gasteiger partial charge in [0.15, 0.2) is 0 Å². The molecule has 0 saturated carbocycles. The second-order valence-electron chi connectivity index (χ2n) is 3.67. The Labute approximate surface area is 93.2 Å². The number of halogens is 1. The maximum absolute atomic E-state index is 13.0. The molecule has 1 atom stereocenters. The van der Waals surface area contributed by atoms with E-state index in [2.05, 4.69) is 9.97 Å². The number of pyridine rings is 2. The lowest BCUT2D eigenvalue weighted by Crippen LogP contribution is -2.14. The molecular weight excluding hydrogens is 205 g/mol. The average Bonchev–Trinajstić information content (AvgIpc) is 2.28. The van der Waals surface area contributed by atoms with Crippen molar-refractivity contribution in [1.82, 2.24) is 9.97 Å². The Bertz CT molecular complexity index is 454.